The Balaban J connectivity index is 2.67. The second-order valence-electron chi connectivity index (χ2n) is 4.06. The van der Waals surface area contributed by atoms with E-state index < -0.39 is 18.2 Å². The first-order chi connectivity index (χ1) is 8.20. The van der Waals surface area contributed by atoms with Crippen molar-refractivity contribution in [3.8, 4) is 0 Å². The third-order valence-corrected chi connectivity index (χ3v) is 3.18. The number of rotatable bonds is 4. The van der Waals surface area contributed by atoms with Gasteiger partial charge in [0.25, 0.3) is 0 Å². The zero-order valence-corrected chi connectivity index (χ0v) is 11.5. The van der Waals surface area contributed by atoms with Gasteiger partial charge >= 0.3 is 6.18 Å². The van der Waals surface area contributed by atoms with Crippen LogP contribution in [0.1, 0.15) is 22.1 Å². The first-order valence-corrected chi connectivity index (χ1v) is 6.07. The van der Waals surface area contributed by atoms with Crippen LogP contribution < -0.4 is 0 Å². The Morgan fingerprint density at radius 1 is 1.22 bits per heavy atom. The third-order valence-electron chi connectivity index (χ3n) is 2.41. The lowest BCUT2D eigenvalue weighted by Gasteiger charge is -2.15. The molecule has 1 nitrogen and oxygen atoms in total. The highest BCUT2D eigenvalue weighted by Gasteiger charge is 2.28. The number of halogens is 5. The lowest BCUT2D eigenvalue weighted by atomic mass is 10.0. The summed E-state index contributed by atoms with van der Waals surface area (Å²) in [4.78, 5) is 0. The molecule has 0 aromatic heterocycles. The van der Waals surface area contributed by atoms with E-state index in [9.17, 15) is 13.2 Å². The number of alkyl halides is 4. The first-order valence-electron chi connectivity index (χ1n) is 5.26. The summed E-state index contributed by atoms with van der Waals surface area (Å²) in [5.41, 5.74) is 2.40. The van der Waals surface area contributed by atoms with Crippen LogP contribution in [0.25, 0.3) is 0 Å². The molecule has 18 heavy (non-hydrogen) atoms. The summed E-state index contributed by atoms with van der Waals surface area (Å²) in [7, 11) is 0. The summed E-state index contributed by atoms with van der Waals surface area (Å²) in [5.74, 6) is 0. The zero-order valence-electron chi connectivity index (χ0n) is 9.94. The van der Waals surface area contributed by atoms with E-state index in [1.54, 1.807) is 19.1 Å². The second-order valence-corrected chi connectivity index (χ2v) is 4.99. The highest BCUT2D eigenvalue weighted by Crippen LogP contribution is 2.29. The number of hydrogen-bond donors (Lipinski definition) is 0. The average Bonchev–Trinajstić information content (AvgIpc) is 2.21. The Morgan fingerprint density at radius 3 is 2.39 bits per heavy atom. The van der Waals surface area contributed by atoms with Gasteiger partial charge in [-0.15, -0.1) is 11.6 Å². The second kappa shape index (κ2) is 6.13. The van der Waals surface area contributed by atoms with Crippen LogP contribution >= 0.6 is 23.2 Å². The van der Waals surface area contributed by atoms with Gasteiger partial charge in [0.15, 0.2) is 0 Å². The summed E-state index contributed by atoms with van der Waals surface area (Å²) < 4.78 is 40.3. The largest absolute Gasteiger partial charge is 0.411 e. The normalized spacial score (nSPS) is 13.7. The Hall–Kier alpha value is -0.450. The minimum atomic E-state index is -4.33. The molecule has 1 aromatic rings. The molecule has 102 valence electrons. The Bertz CT molecular complexity index is 419. The number of ether oxygens (including phenoxy) is 1. The maximum atomic E-state index is 11.9. The van der Waals surface area contributed by atoms with Crippen molar-refractivity contribution in [3.05, 3.63) is 33.8 Å². The van der Waals surface area contributed by atoms with Crippen molar-refractivity contribution in [2.45, 2.75) is 25.4 Å². The molecule has 1 aromatic carbocycles. The molecule has 0 saturated heterocycles. The van der Waals surface area contributed by atoms with Crippen LogP contribution in [0, 0.1) is 13.8 Å². The van der Waals surface area contributed by atoms with E-state index in [-0.39, 0.29) is 6.61 Å². The molecule has 0 aliphatic heterocycles. The van der Waals surface area contributed by atoms with E-state index in [0.29, 0.717) is 5.02 Å². The molecular weight excluding hydrogens is 288 g/mol. The predicted octanol–water partition coefficient (Wildman–Crippen LogP) is 4.82. The van der Waals surface area contributed by atoms with Gasteiger partial charge in [0.05, 0.1) is 12.0 Å². The highest BCUT2D eigenvalue weighted by molar-refractivity contribution is 6.31. The molecule has 1 rings (SSSR count). The molecule has 0 heterocycles. The van der Waals surface area contributed by atoms with Crippen molar-refractivity contribution in [3.63, 3.8) is 0 Å². The zero-order chi connectivity index (χ0) is 13.9. The molecule has 0 aliphatic carbocycles. The Kier molecular flexibility index (Phi) is 5.32. The Morgan fingerprint density at radius 2 is 1.83 bits per heavy atom. The van der Waals surface area contributed by atoms with Crippen molar-refractivity contribution in [2.24, 2.45) is 0 Å². The quantitative estimate of drug-likeness (QED) is 0.725. The van der Waals surface area contributed by atoms with Crippen molar-refractivity contribution in [1.29, 1.82) is 0 Å². The van der Waals surface area contributed by atoms with Gasteiger partial charge < -0.3 is 4.74 Å². The SMILES string of the molecule is Cc1cc(C(Cl)COCC(F)(F)F)c(C)cc1Cl. The predicted molar refractivity (Wildman–Crippen MR) is 66.4 cm³/mol. The lowest BCUT2D eigenvalue weighted by Crippen LogP contribution is -2.18. The van der Waals surface area contributed by atoms with Crippen LogP contribution in [-0.4, -0.2) is 19.4 Å². The fraction of sp³-hybridized carbons (Fsp3) is 0.500. The van der Waals surface area contributed by atoms with Gasteiger partial charge in [0.1, 0.15) is 6.61 Å². The van der Waals surface area contributed by atoms with Gasteiger partial charge in [-0.2, -0.15) is 13.2 Å². The average molecular weight is 301 g/mol. The summed E-state index contributed by atoms with van der Waals surface area (Å²) in [6.45, 7) is 2.13. The fourth-order valence-corrected chi connectivity index (χ4v) is 2.05. The van der Waals surface area contributed by atoms with Crippen molar-refractivity contribution >= 4 is 23.2 Å². The Labute approximate surface area is 114 Å². The van der Waals surface area contributed by atoms with Gasteiger partial charge in [-0.25, -0.2) is 0 Å². The summed E-state index contributed by atoms with van der Waals surface area (Å²) in [5, 5.41) is -0.0142. The summed E-state index contributed by atoms with van der Waals surface area (Å²) >= 11 is 12.0. The molecule has 0 radical (unpaired) electrons. The van der Waals surface area contributed by atoms with Gasteiger partial charge in [-0.1, -0.05) is 17.7 Å². The van der Waals surface area contributed by atoms with Crippen LogP contribution in [0.3, 0.4) is 0 Å². The fourth-order valence-electron chi connectivity index (χ4n) is 1.51. The smallest absolute Gasteiger partial charge is 0.370 e. The molecule has 0 saturated carbocycles. The lowest BCUT2D eigenvalue weighted by molar-refractivity contribution is -0.173. The third kappa shape index (κ3) is 4.67. The van der Waals surface area contributed by atoms with Crippen molar-refractivity contribution < 1.29 is 17.9 Å². The topological polar surface area (TPSA) is 9.23 Å². The standard InChI is InChI=1S/C12H13Cl2F3O/c1-7-4-10(13)8(2)3-9(7)11(14)5-18-6-12(15,16)17/h3-4,11H,5-6H2,1-2H3. The molecular formula is C12H13Cl2F3O. The molecule has 1 atom stereocenters. The van der Waals surface area contributed by atoms with E-state index in [0.717, 1.165) is 16.7 Å². The maximum absolute atomic E-state index is 11.9. The maximum Gasteiger partial charge on any atom is 0.411 e. The van der Waals surface area contributed by atoms with Gasteiger partial charge in [0.2, 0.25) is 0 Å². The highest BCUT2D eigenvalue weighted by atomic mass is 35.5. The van der Waals surface area contributed by atoms with E-state index in [4.69, 9.17) is 23.2 Å². The van der Waals surface area contributed by atoms with Gasteiger partial charge in [0, 0.05) is 5.02 Å². The van der Waals surface area contributed by atoms with E-state index >= 15 is 0 Å². The number of hydrogen-bond acceptors (Lipinski definition) is 1. The van der Waals surface area contributed by atoms with Crippen molar-refractivity contribution in [2.75, 3.05) is 13.2 Å². The van der Waals surface area contributed by atoms with Gasteiger partial charge in [-0.05, 0) is 36.6 Å². The molecule has 0 bridgehead atoms. The van der Waals surface area contributed by atoms with Crippen LogP contribution in [0.5, 0.6) is 0 Å². The molecule has 0 aliphatic rings. The minimum Gasteiger partial charge on any atom is -0.370 e. The van der Waals surface area contributed by atoms with Gasteiger partial charge in [-0.3, -0.25) is 0 Å². The van der Waals surface area contributed by atoms with Crippen LogP contribution in [0.4, 0.5) is 13.2 Å². The molecule has 6 heteroatoms. The summed E-state index contributed by atoms with van der Waals surface area (Å²) in [6.07, 6.45) is -4.33. The van der Waals surface area contributed by atoms with Crippen LogP contribution in [-0.2, 0) is 4.74 Å². The monoisotopic (exact) mass is 300 g/mol. The van der Waals surface area contributed by atoms with Crippen molar-refractivity contribution in [1.82, 2.24) is 0 Å². The number of aryl methyl sites for hydroxylation is 2. The molecule has 1 unspecified atom stereocenters. The molecule has 0 spiro atoms. The summed E-state index contributed by atoms with van der Waals surface area (Å²) in [6, 6.07) is 3.51. The van der Waals surface area contributed by atoms with E-state index in [1.807, 2.05) is 6.92 Å². The molecule has 0 amide bonds. The molecule has 0 fully saturated rings. The van der Waals surface area contributed by atoms with Crippen LogP contribution in [0.15, 0.2) is 12.1 Å². The van der Waals surface area contributed by atoms with Crippen LogP contribution in [0.2, 0.25) is 5.02 Å². The number of benzene rings is 1. The van der Waals surface area contributed by atoms with E-state index in [2.05, 4.69) is 4.74 Å². The van der Waals surface area contributed by atoms with E-state index in [1.165, 1.54) is 0 Å². The first kappa shape index (κ1) is 15.6. The molecule has 0 N–H and O–H groups in total. The minimum absolute atomic E-state index is 0.191.